The second-order valence-corrected chi connectivity index (χ2v) is 8.01. The Morgan fingerprint density at radius 1 is 1.08 bits per heavy atom. The third-order valence-corrected chi connectivity index (χ3v) is 6.19. The van der Waals surface area contributed by atoms with Crippen LogP contribution in [0.2, 0.25) is 0 Å². The van der Waals surface area contributed by atoms with E-state index >= 15 is 0 Å². The molecule has 1 aromatic carbocycles. The Morgan fingerprint density at radius 2 is 1.76 bits per heavy atom. The van der Waals surface area contributed by atoms with E-state index in [-0.39, 0.29) is 11.9 Å². The first kappa shape index (κ1) is 18.8. The van der Waals surface area contributed by atoms with Gasteiger partial charge in [-0.25, -0.2) is 4.39 Å². The monoisotopic (exact) mass is 348 g/mol. The molecule has 0 aromatic heterocycles. The number of ether oxygens (including phenoxy) is 1. The van der Waals surface area contributed by atoms with E-state index in [2.05, 4.69) is 23.6 Å². The summed E-state index contributed by atoms with van der Waals surface area (Å²) in [6, 6.07) is 8.32. The largest absolute Gasteiger partial charge is 0.380 e. The molecule has 2 fully saturated rings. The smallest absolute Gasteiger partial charge is 0.123 e. The molecule has 0 aliphatic carbocycles. The van der Waals surface area contributed by atoms with Gasteiger partial charge in [0.05, 0.1) is 6.10 Å². The lowest BCUT2D eigenvalue weighted by Gasteiger charge is -2.45. The van der Waals surface area contributed by atoms with Gasteiger partial charge in [0.1, 0.15) is 5.82 Å². The topological polar surface area (TPSA) is 15.7 Å². The van der Waals surface area contributed by atoms with Crippen molar-refractivity contribution in [2.24, 2.45) is 5.92 Å². The van der Waals surface area contributed by atoms with Crippen LogP contribution in [0.15, 0.2) is 24.3 Å². The van der Waals surface area contributed by atoms with Gasteiger partial charge in [0.25, 0.3) is 0 Å². The molecule has 4 heteroatoms. The molecule has 2 saturated heterocycles. The molecule has 2 aliphatic heterocycles. The van der Waals surface area contributed by atoms with Gasteiger partial charge in [-0.1, -0.05) is 12.1 Å². The van der Waals surface area contributed by atoms with Gasteiger partial charge in [0, 0.05) is 25.7 Å². The molecule has 3 nitrogen and oxygen atoms in total. The van der Waals surface area contributed by atoms with Crippen molar-refractivity contribution in [1.29, 1.82) is 0 Å². The number of rotatable bonds is 5. The van der Waals surface area contributed by atoms with Crippen molar-refractivity contribution < 1.29 is 9.13 Å². The highest BCUT2D eigenvalue weighted by atomic mass is 19.1. The fourth-order valence-electron chi connectivity index (χ4n) is 4.51. The Hall–Kier alpha value is -0.970. The van der Waals surface area contributed by atoms with Gasteiger partial charge < -0.3 is 9.64 Å². The number of hydrogen-bond acceptors (Lipinski definition) is 3. The van der Waals surface area contributed by atoms with Crippen LogP contribution in [0.5, 0.6) is 0 Å². The second-order valence-electron chi connectivity index (χ2n) is 8.01. The quantitative estimate of drug-likeness (QED) is 0.809. The molecular weight excluding hydrogens is 315 g/mol. The first-order chi connectivity index (χ1) is 12.1. The van der Waals surface area contributed by atoms with Crippen LogP contribution >= 0.6 is 0 Å². The summed E-state index contributed by atoms with van der Waals surface area (Å²) >= 11 is 0. The Labute approximate surface area is 152 Å². The molecule has 140 valence electrons. The minimum absolute atomic E-state index is 0.158. The van der Waals surface area contributed by atoms with Gasteiger partial charge in [-0.2, -0.15) is 0 Å². The lowest BCUT2D eigenvalue weighted by molar-refractivity contribution is -0.0348. The minimum Gasteiger partial charge on any atom is -0.380 e. The molecular formula is C21H33FN2O. The molecule has 3 rings (SSSR count). The van der Waals surface area contributed by atoms with E-state index in [0.717, 1.165) is 19.5 Å². The average molecular weight is 349 g/mol. The van der Waals surface area contributed by atoms with E-state index in [1.165, 1.54) is 37.9 Å². The third kappa shape index (κ3) is 4.81. The van der Waals surface area contributed by atoms with Crippen LogP contribution in [0.25, 0.3) is 0 Å². The fourth-order valence-corrected chi connectivity index (χ4v) is 4.51. The second kappa shape index (κ2) is 8.61. The first-order valence-corrected chi connectivity index (χ1v) is 9.82. The molecule has 2 heterocycles. The standard InChI is InChI=1S/C21H33FN2O/c1-16(2)23-12-9-20(10-13-23)24-11-8-18(21(15-24)25-3)14-17-4-6-19(22)7-5-17/h4-7,16,18,20-21H,8-15H2,1-3H3/t18-,21-/m1/s1. The lowest BCUT2D eigenvalue weighted by atomic mass is 9.86. The van der Waals surface area contributed by atoms with E-state index in [9.17, 15) is 4.39 Å². The Balaban J connectivity index is 1.54. The highest BCUT2D eigenvalue weighted by Gasteiger charge is 2.34. The zero-order chi connectivity index (χ0) is 17.8. The molecule has 0 unspecified atom stereocenters. The summed E-state index contributed by atoms with van der Waals surface area (Å²) in [6.07, 6.45) is 4.98. The van der Waals surface area contributed by atoms with Crippen LogP contribution in [0.4, 0.5) is 4.39 Å². The summed E-state index contributed by atoms with van der Waals surface area (Å²) in [5, 5.41) is 0. The van der Waals surface area contributed by atoms with Gasteiger partial charge in [-0.05, 0) is 82.8 Å². The van der Waals surface area contributed by atoms with Crippen molar-refractivity contribution in [2.75, 3.05) is 33.3 Å². The van der Waals surface area contributed by atoms with Crippen molar-refractivity contribution in [3.63, 3.8) is 0 Å². The van der Waals surface area contributed by atoms with Crippen molar-refractivity contribution in [3.05, 3.63) is 35.6 Å². The van der Waals surface area contributed by atoms with E-state index in [0.29, 0.717) is 18.0 Å². The Bertz CT molecular complexity index is 525. The minimum atomic E-state index is -0.158. The molecule has 0 bridgehead atoms. The Kier molecular flexibility index (Phi) is 6.48. The van der Waals surface area contributed by atoms with E-state index < -0.39 is 0 Å². The number of hydrogen-bond donors (Lipinski definition) is 0. The van der Waals surface area contributed by atoms with E-state index in [1.54, 1.807) is 12.1 Å². The summed E-state index contributed by atoms with van der Waals surface area (Å²) in [4.78, 5) is 5.25. The fraction of sp³-hybridized carbons (Fsp3) is 0.714. The number of halogens is 1. The van der Waals surface area contributed by atoms with Gasteiger partial charge in [-0.15, -0.1) is 0 Å². The zero-order valence-electron chi connectivity index (χ0n) is 16.0. The first-order valence-electron chi connectivity index (χ1n) is 9.82. The molecule has 25 heavy (non-hydrogen) atoms. The normalized spacial score (nSPS) is 27.1. The number of piperidine rings is 2. The van der Waals surface area contributed by atoms with Gasteiger partial charge in [0.15, 0.2) is 0 Å². The van der Waals surface area contributed by atoms with E-state index in [4.69, 9.17) is 4.74 Å². The summed E-state index contributed by atoms with van der Waals surface area (Å²) in [7, 11) is 1.84. The number of benzene rings is 1. The summed E-state index contributed by atoms with van der Waals surface area (Å²) < 4.78 is 19.0. The molecule has 1 aromatic rings. The SMILES string of the molecule is CO[C@@H]1CN(C2CCN(C(C)C)CC2)CC[C@@H]1Cc1ccc(F)cc1. The predicted octanol–water partition coefficient (Wildman–Crippen LogP) is 3.58. The maximum absolute atomic E-state index is 13.1. The molecule has 0 radical (unpaired) electrons. The molecule has 2 aliphatic rings. The lowest BCUT2D eigenvalue weighted by Crippen LogP contribution is -2.53. The molecule has 0 spiro atoms. The highest BCUT2D eigenvalue weighted by Crippen LogP contribution is 2.28. The van der Waals surface area contributed by atoms with Crippen LogP contribution in [0.3, 0.4) is 0 Å². The third-order valence-electron chi connectivity index (χ3n) is 6.19. The van der Waals surface area contributed by atoms with Crippen molar-refractivity contribution >= 4 is 0 Å². The molecule has 0 saturated carbocycles. The van der Waals surface area contributed by atoms with Gasteiger partial charge >= 0.3 is 0 Å². The maximum Gasteiger partial charge on any atom is 0.123 e. The number of likely N-dealkylation sites (tertiary alicyclic amines) is 2. The van der Waals surface area contributed by atoms with Gasteiger partial charge in [-0.3, -0.25) is 4.90 Å². The molecule has 0 amide bonds. The molecule has 0 N–H and O–H groups in total. The zero-order valence-corrected chi connectivity index (χ0v) is 16.0. The van der Waals surface area contributed by atoms with Crippen LogP contribution in [-0.2, 0) is 11.2 Å². The van der Waals surface area contributed by atoms with Crippen molar-refractivity contribution in [2.45, 2.75) is 57.7 Å². The highest BCUT2D eigenvalue weighted by molar-refractivity contribution is 5.17. The van der Waals surface area contributed by atoms with Gasteiger partial charge in [0.2, 0.25) is 0 Å². The predicted molar refractivity (Wildman–Crippen MR) is 100 cm³/mol. The summed E-state index contributed by atoms with van der Waals surface area (Å²) in [6.45, 7) is 9.22. The van der Waals surface area contributed by atoms with Crippen molar-refractivity contribution in [3.8, 4) is 0 Å². The number of nitrogens with zero attached hydrogens (tertiary/aromatic N) is 2. The van der Waals surface area contributed by atoms with Crippen LogP contribution in [0.1, 0.15) is 38.7 Å². The Morgan fingerprint density at radius 3 is 2.36 bits per heavy atom. The average Bonchev–Trinajstić information content (AvgIpc) is 2.64. The van der Waals surface area contributed by atoms with Crippen LogP contribution in [0, 0.1) is 11.7 Å². The maximum atomic E-state index is 13.1. The van der Waals surface area contributed by atoms with E-state index in [1.807, 2.05) is 19.2 Å². The number of methoxy groups -OCH3 is 1. The van der Waals surface area contributed by atoms with Crippen LogP contribution < -0.4 is 0 Å². The summed E-state index contributed by atoms with van der Waals surface area (Å²) in [5.41, 5.74) is 1.21. The van der Waals surface area contributed by atoms with Crippen LogP contribution in [-0.4, -0.2) is 61.3 Å². The van der Waals surface area contributed by atoms with Crippen molar-refractivity contribution in [1.82, 2.24) is 9.80 Å². The molecule has 2 atom stereocenters. The summed E-state index contributed by atoms with van der Waals surface area (Å²) in [5.74, 6) is 0.372.